The van der Waals surface area contributed by atoms with E-state index in [1.54, 1.807) is 12.1 Å². The van der Waals surface area contributed by atoms with Gasteiger partial charge in [-0.3, -0.25) is 0 Å². The van der Waals surface area contributed by atoms with Crippen LogP contribution in [0.4, 0.5) is 4.39 Å². The lowest BCUT2D eigenvalue weighted by Gasteiger charge is -2.18. The van der Waals surface area contributed by atoms with Crippen molar-refractivity contribution in [1.29, 1.82) is 0 Å². The Kier molecular flexibility index (Phi) is 3.51. The first-order valence-electron chi connectivity index (χ1n) is 4.62. The lowest BCUT2D eigenvalue weighted by atomic mass is 9.96. The summed E-state index contributed by atoms with van der Waals surface area (Å²) in [6.07, 6.45) is 1.29. The Morgan fingerprint density at radius 3 is 2.57 bits per heavy atom. The molecule has 0 saturated carbocycles. The van der Waals surface area contributed by atoms with E-state index in [1.165, 1.54) is 6.07 Å². The fourth-order valence-corrected chi connectivity index (χ4v) is 1.48. The first-order chi connectivity index (χ1) is 6.40. The van der Waals surface area contributed by atoms with E-state index in [0.29, 0.717) is 23.4 Å². The van der Waals surface area contributed by atoms with E-state index in [9.17, 15) is 4.39 Å². The minimum absolute atomic E-state index is 0.248. The molecule has 1 nitrogen and oxygen atoms in total. The molecule has 3 heteroatoms. The van der Waals surface area contributed by atoms with Gasteiger partial charge in [-0.05, 0) is 38.8 Å². The smallest absolute Gasteiger partial charge is 0.127 e. The molecule has 0 aromatic heterocycles. The third-order valence-electron chi connectivity index (χ3n) is 2.08. The maximum absolute atomic E-state index is 13.3. The van der Waals surface area contributed by atoms with Gasteiger partial charge in [-0.15, -0.1) is 0 Å². The number of halogens is 2. The average molecular weight is 216 g/mol. The van der Waals surface area contributed by atoms with Gasteiger partial charge < -0.3 is 5.73 Å². The SMILES string of the molecule is CC(C)(N)CCc1c(F)cccc1Cl. The van der Waals surface area contributed by atoms with Crippen molar-refractivity contribution in [2.24, 2.45) is 5.73 Å². The van der Waals surface area contributed by atoms with E-state index in [0.717, 1.165) is 0 Å². The second kappa shape index (κ2) is 4.28. The second-order valence-electron chi connectivity index (χ2n) is 4.19. The first kappa shape index (κ1) is 11.5. The van der Waals surface area contributed by atoms with Gasteiger partial charge in [0.05, 0.1) is 0 Å². The average Bonchev–Trinajstić information content (AvgIpc) is 2.01. The van der Waals surface area contributed by atoms with Gasteiger partial charge in [0, 0.05) is 16.1 Å². The Labute approximate surface area is 89.1 Å². The third kappa shape index (κ3) is 3.28. The summed E-state index contributed by atoms with van der Waals surface area (Å²) in [5, 5.41) is 0.481. The van der Waals surface area contributed by atoms with Crippen molar-refractivity contribution in [3.8, 4) is 0 Å². The van der Waals surface area contributed by atoms with Crippen molar-refractivity contribution in [2.45, 2.75) is 32.2 Å². The van der Waals surface area contributed by atoms with Crippen molar-refractivity contribution in [3.63, 3.8) is 0 Å². The summed E-state index contributed by atoms with van der Waals surface area (Å²) in [6.45, 7) is 3.84. The van der Waals surface area contributed by atoms with Crippen molar-refractivity contribution >= 4 is 11.6 Å². The summed E-state index contributed by atoms with van der Waals surface area (Å²) in [5.74, 6) is -0.248. The quantitative estimate of drug-likeness (QED) is 0.824. The normalized spacial score (nSPS) is 11.8. The Morgan fingerprint density at radius 2 is 2.07 bits per heavy atom. The molecule has 14 heavy (non-hydrogen) atoms. The van der Waals surface area contributed by atoms with Gasteiger partial charge in [-0.25, -0.2) is 4.39 Å². The zero-order chi connectivity index (χ0) is 10.8. The zero-order valence-corrected chi connectivity index (χ0v) is 9.24. The van der Waals surface area contributed by atoms with Crippen molar-refractivity contribution in [3.05, 3.63) is 34.6 Å². The van der Waals surface area contributed by atoms with Crippen LogP contribution in [0.5, 0.6) is 0 Å². The molecule has 0 atom stereocenters. The first-order valence-corrected chi connectivity index (χ1v) is 5.00. The van der Waals surface area contributed by atoms with Gasteiger partial charge in [0.2, 0.25) is 0 Å². The molecule has 0 unspecified atom stereocenters. The van der Waals surface area contributed by atoms with Crippen molar-refractivity contribution in [1.82, 2.24) is 0 Å². The molecular formula is C11H15ClFN. The summed E-state index contributed by atoms with van der Waals surface area (Å²) >= 11 is 5.88. The number of hydrogen-bond acceptors (Lipinski definition) is 1. The topological polar surface area (TPSA) is 26.0 Å². The molecular weight excluding hydrogens is 201 g/mol. The van der Waals surface area contributed by atoms with E-state index >= 15 is 0 Å². The van der Waals surface area contributed by atoms with Crippen molar-refractivity contribution < 1.29 is 4.39 Å². The Hall–Kier alpha value is -0.600. The van der Waals surface area contributed by atoms with Crippen LogP contribution in [-0.2, 0) is 6.42 Å². The number of hydrogen-bond donors (Lipinski definition) is 1. The second-order valence-corrected chi connectivity index (χ2v) is 4.60. The molecule has 0 amide bonds. The molecule has 2 N–H and O–H groups in total. The molecule has 0 fully saturated rings. The molecule has 0 radical (unpaired) electrons. The van der Waals surface area contributed by atoms with Gasteiger partial charge in [0.25, 0.3) is 0 Å². The lowest BCUT2D eigenvalue weighted by molar-refractivity contribution is 0.470. The van der Waals surface area contributed by atoms with Crippen LogP contribution < -0.4 is 5.73 Å². The van der Waals surface area contributed by atoms with E-state index < -0.39 is 0 Å². The van der Waals surface area contributed by atoms with Crippen LogP contribution in [0, 0.1) is 5.82 Å². The molecule has 1 aromatic rings. The third-order valence-corrected chi connectivity index (χ3v) is 2.44. The highest BCUT2D eigenvalue weighted by molar-refractivity contribution is 6.31. The highest BCUT2D eigenvalue weighted by Gasteiger charge is 2.13. The maximum Gasteiger partial charge on any atom is 0.127 e. The molecule has 0 saturated heterocycles. The summed E-state index contributed by atoms with van der Waals surface area (Å²) in [7, 11) is 0. The highest BCUT2D eigenvalue weighted by atomic mass is 35.5. The zero-order valence-electron chi connectivity index (χ0n) is 8.48. The molecule has 78 valence electrons. The van der Waals surface area contributed by atoms with Crippen LogP contribution in [0.3, 0.4) is 0 Å². The van der Waals surface area contributed by atoms with Crippen LogP contribution in [0.15, 0.2) is 18.2 Å². The highest BCUT2D eigenvalue weighted by Crippen LogP contribution is 2.22. The summed E-state index contributed by atoms with van der Waals surface area (Å²) in [4.78, 5) is 0. The van der Waals surface area contributed by atoms with Crippen LogP contribution in [0.2, 0.25) is 5.02 Å². The Balaban J connectivity index is 2.77. The molecule has 0 spiro atoms. The molecule has 0 heterocycles. The Bertz CT molecular complexity index is 297. The Morgan fingerprint density at radius 1 is 1.43 bits per heavy atom. The minimum atomic E-state index is -0.286. The van der Waals surface area contributed by atoms with Gasteiger partial charge in [-0.2, -0.15) is 0 Å². The predicted molar refractivity (Wildman–Crippen MR) is 58.0 cm³/mol. The largest absolute Gasteiger partial charge is 0.326 e. The fraction of sp³-hybridized carbons (Fsp3) is 0.455. The van der Waals surface area contributed by atoms with E-state index in [-0.39, 0.29) is 11.4 Å². The van der Waals surface area contributed by atoms with Crippen molar-refractivity contribution in [2.75, 3.05) is 0 Å². The fourth-order valence-electron chi connectivity index (χ4n) is 1.22. The van der Waals surface area contributed by atoms with Gasteiger partial charge >= 0.3 is 0 Å². The van der Waals surface area contributed by atoms with E-state index in [1.807, 2.05) is 13.8 Å². The van der Waals surface area contributed by atoms with Crippen LogP contribution in [0.1, 0.15) is 25.8 Å². The molecule has 0 bridgehead atoms. The summed E-state index contributed by atoms with van der Waals surface area (Å²) in [6, 6.07) is 4.73. The van der Waals surface area contributed by atoms with Gasteiger partial charge in [0.15, 0.2) is 0 Å². The number of rotatable bonds is 3. The summed E-state index contributed by atoms with van der Waals surface area (Å²) < 4.78 is 13.3. The minimum Gasteiger partial charge on any atom is -0.326 e. The summed E-state index contributed by atoms with van der Waals surface area (Å²) in [5.41, 5.74) is 6.09. The standard InChI is InChI=1S/C11H15ClFN/c1-11(2,14)7-6-8-9(12)4-3-5-10(8)13/h3-5H,6-7,14H2,1-2H3. The molecule has 0 aliphatic rings. The molecule has 1 rings (SSSR count). The van der Waals surface area contributed by atoms with Gasteiger partial charge in [-0.1, -0.05) is 17.7 Å². The van der Waals surface area contributed by atoms with Crippen LogP contribution in [-0.4, -0.2) is 5.54 Å². The van der Waals surface area contributed by atoms with Gasteiger partial charge in [0.1, 0.15) is 5.82 Å². The predicted octanol–water partition coefficient (Wildman–Crippen LogP) is 3.15. The van der Waals surface area contributed by atoms with E-state index in [4.69, 9.17) is 17.3 Å². The van der Waals surface area contributed by atoms with E-state index in [2.05, 4.69) is 0 Å². The van der Waals surface area contributed by atoms with Crippen LogP contribution >= 0.6 is 11.6 Å². The maximum atomic E-state index is 13.3. The molecule has 1 aromatic carbocycles. The van der Waals surface area contributed by atoms with Crippen LogP contribution in [0.25, 0.3) is 0 Å². The number of nitrogens with two attached hydrogens (primary N) is 1. The monoisotopic (exact) mass is 215 g/mol. The lowest BCUT2D eigenvalue weighted by Crippen LogP contribution is -2.32. The molecule has 0 aliphatic carbocycles. The molecule has 0 aliphatic heterocycles. The number of benzene rings is 1.